The van der Waals surface area contributed by atoms with Gasteiger partial charge in [0.2, 0.25) is 0 Å². The van der Waals surface area contributed by atoms with Crippen molar-refractivity contribution in [1.82, 2.24) is 9.97 Å². The summed E-state index contributed by atoms with van der Waals surface area (Å²) >= 11 is 5.76. The van der Waals surface area contributed by atoms with Crippen molar-refractivity contribution in [1.29, 1.82) is 5.26 Å². The monoisotopic (exact) mass is 274 g/mol. The van der Waals surface area contributed by atoms with Crippen LogP contribution in [-0.2, 0) is 0 Å². The molecule has 2 rings (SSSR count). The molecule has 0 saturated carbocycles. The highest BCUT2D eigenvalue weighted by Crippen LogP contribution is 2.22. The standard InChI is InChI=1S/C12H7ClN4O2/c13-10-2-1-7(3-9(10)12(18)19)17-11-6-15-8(4-14)5-16-11/h1-3,5-6H,(H,16,17)(H,18,19). The Balaban J connectivity index is 2.25. The van der Waals surface area contributed by atoms with Gasteiger partial charge in [-0.3, -0.25) is 0 Å². The number of anilines is 2. The summed E-state index contributed by atoms with van der Waals surface area (Å²) in [5, 5.41) is 20.6. The first-order valence-electron chi connectivity index (χ1n) is 5.12. The van der Waals surface area contributed by atoms with Crippen LogP contribution in [0, 0.1) is 11.3 Å². The van der Waals surface area contributed by atoms with E-state index in [9.17, 15) is 4.79 Å². The van der Waals surface area contributed by atoms with Crippen LogP contribution in [-0.4, -0.2) is 21.0 Å². The van der Waals surface area contributed by atoms with E-state index in [0.717, 1.165) is 0 Å². The van der Waals surface area contributed by atoms with E-state index in [1.807, 2.05) is 6.07 Å². The molecule has 0 atom stereocenters. The Morgan fingerprint density at radius 2 is 2.16 bits per heavy atom. The maximum atomic E-state index is 10.9. The molecule has 6 nitrogen and oxygen atoms in total. The lowest BCUT2D eigenvalue weighted by Crippen LogP contribution is -2.00. The maximum Gasteiger partial charge on any atom is 0.337 e. The van der Waals surface area contributed by atoms with E-state index in [1.54, 1.807) is 6.07 Å². The van der Waals surface area contributed by atoms with E-state index in [0.29, 0.717) is 11.5 Å². The minimum Gasteiger partial charge on any atom is -0.478 e. The van der Waals surface area contributed by atoms with Gasteiger partial charge in [-0.2, -0.15) is 5.26 Å². The van der Waals surface area contributed by atoms with Crippen molar-refractivity contribution in [2.24, 2.45) is 0 Å². The van der Waals surface area contributed by atoms with Gasteiger partial charge in [0.05, 0.1) is 23.0 Å². The van der Waals surface area contributed by atoms with E-state index in [2.05, 4.69) is 15.3 Å². The van der Waals surface area contributed by atoms with E-state index in [-0.39, 0.29) is 16.3 Å². The smallest absolute Gasteiger partial charge is 0.337 e. The minimum atomic E-state index is -1.11. The molecule has 0 aliphatic heterocycles. The molecule has 7 heteroatoms. The summed E-state index contributed by atoms with van der Waals surface area (Å²) in [5.41, 5.74) is 0.710. The van der Waals surface area contributed by atoms with Crippen LogP contribution in [0.5, 0.6) is 0 Å². The van der Waals surface area contributed by atoms with Crippen LogP contribution < -0.4 is 5.32 Å². The van der Waals surface area contributed by atoms with Crippen LogP contribution in [0.25, 0.3) is 0 Å². The number of nitrogens with zero attached hydrogens (tertiary/aromatic N) is 3. The van der Waals surface area contributed by atoms with Gasteiger partial charge in [-0.05, 0) is 18.2 Å². The zero-order valence-electron chi connectivity index (χ0n) is 9.46. The van der Waals surface area contributed by atoms with Crippen molar-refractivity contribution in [2.75, 3.05) is 5.32 Å². The first kappa shape index (κ1) is 12.8. The molecule has 1 aromatic heterocycles. The lowest BCUT2D eigenvalue weighted by Gasteiger charge is -2.06. The second-order valence-electron chi connectivity index (χ2n) is 3.52. The molecule has 94 valence electrons. The van der Waals surface area contributed by atoms with Gasteiger partial charge >= 0.3 is 5.97 Å². The Hall–Kier alpha value is -2.65. The lowest BCUT2D eigenvalue weighted by atomic mass is 10.2. The Labute approximate surface area is 113 Å². The normalized spacial score (nSPS) is 9.68. The molecule has 0 spiro atoms. The number of rotatable bonds is 3. The summed E-state index contributed by atoms with van der Waals surface area (Å²) in [6.07, 6.45) is 2.70. The zero-order chi connectivity index (χ0) is 13.8. The fourth-order valence-corrected chi connectivity index (χ4v) is 1.56. The topological polar surface area (TPSA) is 98.9 Å². The van der Waals surface area contributed by atoms with Crippen molar-refractivity contribution in [3.63, 3.8) is 0 Å². The van der Waals surface area contributed by atoms with E-state index < -0.39 is 5.97 Å². The van der Waals surface area contributed by atoms with Gasteiger partial charge in [-0.25, -0.2) is 14.8 Å². The minimum absolute atomic E-state index is 0.00623. The summed E-state index contributed by atoms with van der Waals surface area (Å²) in [7, 11) is 0. The van der Waals surface area contributed by atoms with Crippen molar-refractivity contribution in [2.45, 2.75) is 0 Å². The predicted octanol–water partition coefficient (Wildman–Crippen LogP) is 2.44. The third-order valence-corrected chi connectivity index (χ3v) is 2.57. The molecule has 0 fully saturated rings. The first-order valence-corrected chi connectivity index (χ1v) is 5.50. The fraction of sp³-hybridized carbons (Fsp3) is 0. The molecule has 1 aromatic carbocycles. The highest BCUT2D eigenvalue weighted by molar-refractivity contribution is 6.33. The highest BCUT2D eigenvalue weighted by atomic mass is 35.5. The summed E-state index contributed by atoms with van der Waals surface area (Å²) in [6, 6.07) is 6.34. The van der Waals surface area contributed by atoms with Crippen molar-refractivity contribution < 1.29 is 9.90 Å². The molecule has 19 heavy (non-hydrogen) atoms. The van der Waals surface area contributed by atoms with Crippen molar-refractivity contribution in [3.05, 3.63) is 46.9 Å². The van der Waals surface area contributed by atoms with Crippen LogP contribution in [0.15, 0.2) is 30.6 Å². The van der Waals surface area contributed by atoms with Gasteiger partial charge in [0.25, 0.3) is 0 Å². The van der Waals surface area contributed by atoms with E-state index in [1.165, 1.54) is 24.5 Å². The number of aromatic nitrogens is 2. The average Bonchev–Trinajstić information content (AvgIpc) is 2.41. The molecular weight excluding hydrogens is 268 g/mol. The molecule has 0 saturated heterocycles. The fourth-order valence-electron chi connectivity index (χ4n) is 1.37. The Kier molecular flexibility index (Phi) is 3.59. The molecule has 1 heterocycles. The summed E-state index contributed by atoms with van der Waals surface area (Å²) in [6.45, 7) is 0. The quantitative estimate of drug-likeness (QED) is 0.892. The number of hydrogen-bond donors (Lipinski definition) is 2. The molecule has 0 aliphatic carbocycles. The molecule has 2 aromatic rings. The van der Waals surface area contributed by atoms with Crippen LogP contribution in [0.4, 0.5) is 11.5 Å². The molecule has 0 unspecified atom stereocenters. The number of nitriles is 1. The van der Waals surface area contributed by atoms with E-state index in [4.69, 9.17) is 22.0 Å². The largest absolute Gasteiger partial charge is 0.478 e. The number of carbonyl (C=O) groups is 1. The summed E-state index contributed by atoms with van der Waals surface area (Å²) in [5.74, 6) is -0.711. The van der Waals surface area contributed by atoms with Gasteiger partial charge in [0, 0.05) is 5.69 Å². The van der Waals surface area contributed by atoms with Gasteiger partial charge in [0.1, 0.15) is 11.9 Å². The number of halogens is 1. The van der Waals surface area contributed by atoms with Crippen molar-refractivity contribution >= 4 is 29.1 Å². The van der Waals surface area contributed by atoms with E-state index >= 15 is 0 Å². The van der Waals surface area contributed by atoms with Gasteiger partial charge in [-0.1, -0.05) is 11.6 Å². The third-order valence-electron chi connectivity index (χ3n) is 2.24. The lowest BCUT2D eigenvalue weighted by molar-refractivity contribution is 0.0697. The number of benzene rings is 1. The summed E-state index contributed by atoms with van der Waals surface area (Å²) < 4.78 is 0. The Morgan fingerprint density at radius 3 is 2.74 bits per heavy atom. The molecule has 2 N–H and O–H groups in total. The Morgan fingerprint density at radius 1 is 1.37 bits per heavy atom. The van der Waals surface area contributed by atoms with Crippen LogP contribution in [0.3, 0.4) is 0 Å². The molecule has 0 radical (unpaired) electrons. The molecule has 0 bridgehead atoms. The molecule has 0 aliphatic rings. The van der Waals surface area contributed by atoms with Gasteiger partial charge in [-0.15, -0.1) is 0 Å². The first-order chi connectivity index (χ1) is 9.10. The number of carboxylic acids is 1. The van der Waals surface area contributed by atoms with Gasteiger partial charge < -0.3 is 10.4 Å². The summed E-state index contributed by atoms with van der Waals surface area (Å²) in [4.78, 5) is 18.7. The van der Waals surface area contributed by atoms with Crippen molar-refractivity contribution in [3.8, 4) is 6.07 Å². The number of aromatic carboxylic acids is 1. The van der Waals surface area contributed by atoms with Crippen LogP contribution in [0.1, 0.15) is 16.1 Å². The third kappa shape index (κ3) is 2.97. The number of carboxylic acid groups (broad SMARTS) is 1. The number of nitrogens with one attached hydrogen (secondary N) is 1. The Bertz CT molecular complexity index is 664. The predicted molar refractivity (Wildman–Crippen MR) is 68.4 cm³/mol. The molecular formula is C12H7ClN4O2. The SMILES string of the molecule is N#Cc1cnc(Nc2ccc(Cl)c(C(=O)O)c2)cn1. The zero-order valence-corrected chi connectivity index (χ0v) is 10.2. The molecule has 0 amide bonds. The second kappa shape index (κ2) is 5.33. The van der Waals surface area contributed by atoms with Crippen LogP contribution >= 0.6 is 11.6 Å². The average molecular weight is 275 g/mol. The second-order valence-corrected chi connectivity index (χ2v) is 3.93. The highest BCUT2D eigenvalue weighted by Gasteiger charge is 2.09. The van der Waals surface area contributed by atoms with Crippen LogP contribution in [0.2, 0.25) is 5.02 Å². The number of hydrogen-bond acceptors (Lipinski definition) is 5. The van der Waals surface area contributed by atoms with Gasteiger partial charge in [0.15, 0.2) is 5.69 Å². The maximum absolute atomic E-state index is 10.9.